The molecule has 0 unspecified atom stereocenters. The first kappa shape index (κ1) is 24.2. The highest BCUT2D eigenvalue weighted by atomic mass is 16.4. The number of benzene rings is 2. The summed E-state index contributed by atoms with van der Waals surface area (Å²) in [5.41, 5.74) is 2.81. The number of aromatic nitrogens is 2. The quantitative estimate of drug-likeness (QED) is 0.387. The molecule has 3 aromatic rings. The van der Waals surface area contributed by atoms with E-state index in [0.717, 1.165) is 25.7 Å². The first-order valence-corrected chi connectivity index (χ1v) is 11.6. The molecule has 33 heavy (non-hydrogen) atoms. The van der Waals surface area contributed by atoms with Crippen LogP contribution in [0.25, 0.3) is 22.9 Å². The van der Waals surface area contributed by atoms with Crippen LogP contribution in [0.2, 0.25) is 0 Å². The monoisotopic (exact) mass is 448 g/mol. The van der Waals surface area contributed by atoms with E-state index in [0.29, 0.717) is 34.3 Å². The predicted molar refractivity (Wildman–Crippen MR) is 131 cm³/mol. The molecule has 0 fully saturated rings. The van der Waals surface area contributed by atoms with Crippen molar-refractivity contribution in [1.29, 1.82) is 0 Å². The normalized spacial score (nSPS) is 11.1. The first-order chi connectivity index (χ1) is 16.0. The average molecular weight is 449 g/mol. The molecule has 2 aromatic carbocycles. The van der Waals surface area contributed by atoms with Gasteiger partial charge in [0.2, 0.25) is 23.6 Å². The molecule has 0 saturated heterocycles. The van der Waals surface area contributed by atoms with E-state index in [9.17, 15) is 9.59 Å². The lowest BCUT2D eigenvalue weighted by Crippen LogP contribution is -2.21. The van der Waals surface area contributed by atoms with Crippen molar-refractivity contribution in [1.82, 2.24) is 10.2 Å². The Balaban J connectivity index is 1.76. The van der Waals surface area contributed by atoms with E-state index in [1.54, 1.807) is 0 Å². The van der Waals surface area contributed by atoms with Gasteiger partial charge in [0.1, 0.15) is 0 Å². The molecule has 3 rings (SSSR count). The smallest absolute Gasteiger partial charge is 0.248 e. The second kappa shape index (κ2) is 11.4. The molecular weight excluding hydrogens is 416 g/mol. The van der Waals surface area contributed by atoms with E-state index >= 15 is 0 Å². The number of nitrogens with one attached hydrogen (secondary N) is 2. The molecule has 0 aliphatic heterocycles. The van der Waals surface area contributed by atoms with Gasteiger partial charge in [-0.05, 0) is 62.1 Å². The summed E-state index contributed by atoms with van der Waals surface area (Å²) in [4.78, 5) is 24.8. The van der Waals surface area contributed by atoms with Crippen molar-refractivity contribution >= 4 is 23.2 Å². The lowest BCUT2D eigenvalue weighted by atomic mass is 10.0. The van der Waals surface area contributed by atoms with Crippen molar-refractivity contribution in [3.05, 3.63) is 48.5 Å². The van der Waals surface area contributed by atoms with Gasteiger partial charge >= 0.3 is 0 Å². The van der Waals surface area contributed by atoms with Gasteiger partial charge in [-0.15, -0.1) is 10.2 Å². The highest BCUT2D eigenvalue weighted by molar-refractivity contribution is 5.93. The molecule has 0 spiro atoms. The largest absolute Gasteiger partial charge is 0.416 e. The summed E-state index contributed by atoms with van der Waals surface area (Å²) in [5, 5.41) is 14.3. The van der Waals surface area contributed by atoms with Crippen LogP contribution in [0.4, 0.5) is 11.4 Å². The van der Waals surface area contributed by atoms with Crippen LogP contribution in [0.15, 0.2) is 52.9 Å². The van der Waals surface area contributed by atoms with Gasteiger partial charge in [-0.2, -0.15) is 0 Å². The minimum Gasteiger partial charge on any atom is -0.416 e. The van der Waals surface area contributed by atoms with E-state index in [2.05, 4.69) is 20.8 Å². The van der Waals surface area contributed by atoms with Crippen molar-refractivity contribution in [2.45, 2.75) is 53.4 Å². The Kier molecular flexibility index (Phi) is 8.35. The van der Waals surface area contributed by atoms with Crippen LogP contribution >= 0.6 is 0 Å². The van der Waals surface area contributed by atoms with Gasteiger partial charge in [0.25, 0.3) is 0 Å². The molecule has 2 N–H and O–H groups in total. The van der Waals surface area contributed by atoms with Crippen LogP contribution in [-0.2, 0) is 9.59 Å². The summed E-state index contributed by atoms with van der Waals surface area (Å²) < 4.78 is 5.91. The number of nitrogens with zero attached hydrogens (tertiary/aromatic N) is 2. The topological polar surface area (TPSA) is 97.1 Å². The van der Waals surface area contributed by atoms with Crippen molar-refractivity contribution in [2.24, 2.45) is 11.8 Å². The highest BCUT2D eigenvalue weighted by Gasteiger charge is 2.17. The maximum Gasteiger partial charge on any atom is 0.248 e. The van der Waals surface area contributed by atoms with Gasteiger partial charge in [-0.25, -0.2) is 0 Å². The van der Waals surface area contributed by atoms with Crippen LogP contribution < -0.4 is 10.6 Å². The highest BCUT2D eigenvalue weighted by Crippen LogP contribution is 2.27. The predicted octanol–water partition coefficient (Wildman–Crippen LogP) is 6.15. The summed E-state index contributed by atoms with van der Waals surface area (Å²) in [5.74, 6) is 0.708. The minimum atomic E-state index is -0.0126. The second-order valence-electron chi connectivity index (χ2n) is 8.08. The molecule has 0 radical (unpaired) electrons. The van der Waals surface area contributed by atoms with Crippen LogP contribution in [0.3, 0.4) is 0 Å². The molecule has 1 heterocycles. The van der Waals surface area contributed by atoms with Crippen LogP contribution in [0, 0.1) is 11.8 Å². The maximum absolute atomic E-state index is 12.4. The SMILES string of the molecule is CCC(CC)C(=O)Nc1cccc(-c2nnc(-c3cccc(NC(=O)C(CC)CC)c3)o2)c1. The lowest BCUT2D eigenvalue weighted by Gasteiger charge is -2.13. The molecule has 7 nitrogen and oxygen atoms in total. The fraction of sp³-hybridized carbons (Fsp3) is 0.385. The fourth-order valence-corrected chi connectivity index (χ4v) is 3.72. The summed E-state index contributed by atoms with van der Waals surface area (Å²) >= 11 is 0. The molecule has 0 atom stereocenters. The lowest BCUT2D eigenvalue weighted by molar-refractivity contribution is -0.120. The van der Waals surface area contributed by atoms with Crippen molar-refractivity contribution in [3.8, 4) is 22.9 Å². The van der Waals surface area contributed by atoms with Gasteiger partial charge in [0.05, 0.1) is 0 Å². The molecule has 0 saturated carbocycles. The van der Waals surface area contributed by atoms with Crippen LogP contribution in [-0.4, -0.2) is 22.0 Å². The Morgan fingerprint density at radius 1 is 0.727 bits per heavy atom. The molecular formula is C26H32N4O3. The molecule has 7 heteroatoms. The molecule has 0 bridgehead atoms. The Labute approximate surface area is 195 Å². The Bertz CT molecular complexity index is 1000. The average Bonchev–Trinajstić information content (AvgIpc) is 3.31. The maximum atomic E-state index is 12.4. The zero-order chi connectivity index (χ0) is 23.8. The third-order valence-corrected chi connectivity index (χ3v) is 5.89. The number of hydrogen-bond acceptors (Lipinski definition) is 5. The van der Waals surface area contributed by atoms with Gasteiger partial charge in [-0.3, -0.25) is 9.59 Å². The summed E-state index contributed by atoms with van der Waals surface area (Å²) in [6, 6.07) is 14.7. The Hall–Kier alpha value is -3.48. The van der Waals surface area contributed by atoms with E-state index in [-0.39, 0.29) is 23.7 Å². The van der Waals surface area contributed by atoms with Crippen LogP contribution in [0.1, 0.15) is 53.4 Å². The molecule has 0 aliphatic carbocycles. The number of rotatable bonds is 10. The fourth-order valence-electron chi connectivity index (χ4n) is 3.72. The summed E-state index contributed by atoms with van der Waals surface area (Å²) in [6.07, 6.45) is 3.19. The van der Waals surface area contributed by atoms with E-state index < -0.39 is 0 Å². The van der Waals surface area contributed by atoms with Gasteiger partial charge < -0.3 is 15.1 Å². The standard InChI is InChI=1S/C26H32N4O3/c1-5-17(6-2)23(31)27-21-13-9-11-19(15-21)25-29-30-26(33-25)20-12-10-14-22(16-20)28-24(32)18(7-3)8-4/h9-18H,5-8H2,1-4H3,(H,27,31)(H,28,32). The van der Waals surface area contributed by atoms with E-state index in [4.69, 9.17) is 4.42 Å². The Morgan fingerprint density at radius 3 is 1.48 bits per heavy atom. The molecule has 0 aliphatic rings. The van der Waals surface area contributed by atoms with Crippen molar-refractivity contribution in [2.75, 3.05) is 10.6 Å². The van der Waals surface area contributed by atoms with E-state index in [1.807, 2.05) is 76.2 Å². The van der Waals surface area contributed by atoms with Crippen molar-refractivity contribution < 1.29 is 14.0 Å². The zero-order valence-corrected chi connectivity index (χ0v) is 19.7. The number of carbonyl (C=O) groups excluding carboxylic acids is 2. The summed E-state index contributed by atoms with van der Waals surface area (Å²) in [6.45, 7) is 8.04. The molecule has 1 aromatic heterocycles. The third-order valence-electron chi connectivity index (χ3n) is 5.89. The third kappa shape index (κ3) is 6.06. The number of amides is 2. The Morgan fingerprint density at radius 2 is 1.12 bits per heavy atom. The van der Waals surface area contributed by atoms with Gasteiger partial charge in [0, 0.05) is 34.3 Å². The van der Waals surface area contributed by atoms with Crippen molar-refractivity contribution in [3.63, 3.8) is 0 Å². The van der Waals surface area contributed by atoms with Gasteiger partial charge in [0.15, 0.2) is 0 Å². The summed E-state index contributed by atoms with van der Waals surface area (Å²) in [7, 11) is 0. The second-order valence-corrected chi connectivity index (χ2v) is 8.08. The van der Waals surface area contributed by atoms with Crippen LogP contribution in [0.5, 0.6) is 0 Å². The molecule has 174 valence electrons. The van der Waals surface area contributed by atoms with E-state index in [1.165, 1.54) is 0 Å². The first-order valence-electron chi connectivity index (χ1n) is 11.6. The molecule has 2 amide bonds. The number of hydrogen-bond donors (Lipinski definition) is 2. The van der Waals surface area contributed by atoms with Gasteiger partial charge in [-0.1, -0.05) is 39.8 Å². The number of carbonyl (C=O) groups is 2. The minimum absolute atomic E-state index is 0.00983. The number of anilines is 2. The zero-order valence-electron chi connectivity index (χ0n) is 19.7.